The first-order chi connectivity index (χ1) is 15.2. The summed E-state index contributed by atoms with van der Waals surface area (Å²) in [6, 6.07) is 23.6. The lowest BCUT2D eigenvalue weighted by Crippen LogP contribution is -2.77. The molecule has 0 spiro atoms. The summed E-state index contributed by atoms with van der Waals surface area (Å²) in [4.78, 5) is 15.8. The summed E-state index contributed by atoms with van der Waals surface area (Å²) in [5.41, 5.74) is 1.74. The Bertz CT molecular complexity index is 1100. The standard InChI is InChI=1S/C27H33NO3Si/c1-19(2)24-27(30-3,31-32(4,5)6)25(28(24)26(29)21-14-8-7-9-15-21)23-18-12-16-20-13-10-11-17-22(20)23/h7-19,24-25H,1-6H3/t24-,25+,27+/m0/s1. The summed E-state index contributed by atoms with van der Waals surface area (Å²) in [6.07, 6.45) is 0. The second-order valence-electron chi connectivity index (χ2n) is 9.88. The molecule has 3 aromatic carbocycles. The van der Waals surface area contributed by atoms with Gasteiger partial charge in [-0.15, -0.1) is 0 Å². The topological polar surface area (TPSA) is 38.8 Å². The van der Waals surface area contributed by atoms with Crippen molar-refractivity contribution >= 4 is 25.0 Å². The minimum atomic E-state index is -2.02. The van der Waals surface area contributed by atoms with Crippen LogP contribution in [-0.4, -0.2) is 38.1 Å². The van der Waals surface area contributed by atoms with Crippen LogP contribution in [0.15, 0.2) is 72.8 Å². The molecule has 1 aliphatic rings. The molecule has 168 valence electrons. The number of rotatable bonds is 6. The molecule has 0 N–H and O–H groups in total. The number of methoxy groups -OCH3 is 1. The Labute approximate surface area is 192 Å². The highest BCUT2D eigenvalue weighted by atomic mass is 28.4. The van der Waals surface area contributed by atoms with E-state index < -0.39 is 14.1 Å². The van der Waals surface area contributed by atoms with Gasteiger partial charge in [-0.2, -0.15) is 0 Å². The third kappa shape index (κ3) is 3.79. The maximum absolute atomic E-state index is 13.9. The molecule has 32 heavy (non-hydrogen) atoms. The van der Waals surface area contributed by atoms with Crippen LogP contribution in [0.3, 0.4) is 0 Å². The van der Waals surface area contributed by atoms with Crippen molar-refractivity contribution in [2.45, 2.75) is 51.4 Å². The third-order valence-corrected chi connectivity index (χ3v) is 7.09. The van der Waals surface area contributed by atoms with Crippen molar-refractivity contribution in [3.8, 4) is 0 Å². The number of fused-ring (bicyclic) bond motifs is 1. The van der Waals surface area contributed by atoms with Gasteiger partial charge in [-0.1, -0.05) is 74.5 Å². The summed E-state index contributed by atoms with van der Waals surface area (Å²) in [5.74, 6) is -0.730. The lowest BCUT2D eigenvalue weighted by Gasteiger charge is -2.64. The van der Waals surface area contributed by atoms with Crippen LogP contribution in [0.1, 0.15) is 35.8 Å². The molecule has 4 nitrogen and oxygen atoms in total. The van der Waals surface area contributed by atoms with Crippen LogP contribution < -0.4 is 0 Å². The Morgan fingerprint density at radius 2 is 1.56 bits per heavy atom. The van der Waals surface area contributed by atoms with Gasteiger partial charge in [-0.05, 0) is 54.0 Å². The van der Waals surface area contributed by atoms with E-state index in [1.165, 1.54) is 0 Å². The maximum atomic E-state index is 13.9. The lowest BCUT2D eigenvalue weighted by atomic mass is 9.73. The molecule has 3 atom stereocenters. The highest BCUT2D eigenvalue weighted by Gasteiger charge is 2.67. The van der Waals surface area contributed by atoms with Gasteiger partial charge in [0.15, 0.2) is 8.32 Å². The average molecular weight is 448 g/mol. The molecule has 1 aliphatic heterocycles. The second kappa shape index (κ2) is 8.47. The molecule has 0 aliphatic carbocycles. The van der Waals surface area contributed by atoms with Crippen molar-refractivity contribution in [3.05, 3.63) is 83.9 Å². The molecule has 0 bridgehead atoms. The molecule has 0 aromatic heterocycles. The van der Waals surface area contributed by atoms with E-state index in [0.717, 1.165) is 16.3 Å². The van der Waals surface area contributed by atoms with Crippen LogP contribution in [-0.2, 0) is 9.16 Å². The number of benzene rings is 3. The van der Waals surface area contributed by atoms with Gasteiger partial charge in [0.25, 0.3) is 5.91 Å². The molecule has 3 aromatic rings. The number of carbonyl (C=O) groups is 1. The van der Waals surface area contributed by atoms with Gasteiger partial charge in [0.2, 0.25) is 5.79 Å². The first kappa shape index (κ1) is 22.7. The zero-order valence-corrected chi connectivity index (χ0v) is 20.8. The smallest absolute Gasteiger partial charge is 0.255 e. The summed E-state index contributed by atoms with van der Waals surface area (Å²) < 4.78 is 13.1. The van der Waals surface area contributed by atoms with Crippen LogP contribution in [0.5, 0.6) is 0 Å². The molecule has 1 fully saturated rings. The molecule has 5 heteroatoms. The number of likely N-dealkylation sites (tertiary alicyclic amines) is 1. The van der Waals surface area contributed by atoms with Crippen LogP contribution >= 0.6 is 0 Å². The normalized spacial score (nSPS) is 23.4. The molecular formula is C27H33NO3Si. The second-order valence-corrected chi connectivity index (χ2v) is 14.3. The predicted molar refractivity (Wildman–Crippen MR) is 132 cm³/mol. The van der Waals surface area contributed by atoms with E-state index in [0.29, 0.717) is 5.56 Å². The molecule has 1 saturated heterocycles. The average Bonchev–Trinajstić information content (AvgIpc) is 2.75. The van der Waals surface area contributed by atoms with Gasteiger partial charge in [-0.25, -0.2) is 0 Å². The lowest BCUT2D eigenvalue weighted by molar-refractivity contribution is -0.318. The Morgan fingerprint density at radius 1 is 0.938 bits per heavy atom. The zero-order valence-electron chi connectivity index (χ0n) is 19.8. The Balaban J connectivity index is 1.93. The van der Waals surface area contributed by atoms with Crippen LogP contribution in [0.25, 0.3) is 10.8 Å². The van der Waals surface area contributed by atoms with Gasteiger partial charge in [0.1, 0.15) is 6.04 Å². The van der Waals surface area contributed by atoms with Gasteiger partial charge in [-0.3, -0.25) is 4.79 Å². The van der Waals surface area contributed by atoms with E-state index in [4.69, 9.17) is 9.16 Å². The quantitative estimate of drug-likeness (QED) is 0.331. The third-order valence-electron chi connectivity index (χ3n) is 6.16. The number of hydrogen-bond acceptors (Lipinski definition) is 3. The van der Waals surface area contributed by atoms with Gasteiger partial charge in [0, 0.05) is 12.7 Å². The maximum Gasteiger partial charge on any atom is 0.255 e. The number of amides is 1. The number of carbonyl (C=O) groups excluding carboxylic acids is 1. The van der Waals surface area contributed by atoms with E-state index >= 15 is 0 Å². The molecule has 4 rings (SSSR count). The van der Waals surface area contributed by atoms with E-state index in [1.54, 1.807) is 7.11 Å². The summed E-state index contributed by atoms with van der Waals surface area (Å²) in [6.45, 7) is 10.8. The van der Waals surface area contributed by atoms with Gasteiger partial charge < -0.3 is 14.1 Å². The SMILES string of the molecule is CO[C@@]1(O[Si](C)(C)C)[C@H](C(C)C)N(C(=O)c2ccccc2)[C@@H]1c1cccc2ccccc12. The van der Waals surface area contributed by atoms with Crippen LogP contribution in [0, 0.1) is 5.92 Å². The van der Waals surface area contributed by atoms with E-state index in [9.17, 15) is 4.79 Å². The Morgan fingerprint density at radius 3 is 2.19 bits per heavy atom. The molecule has 0 unspecified atom stereocenters. The zero-order chi connectivity index (χ0) is 23.1. The number of nitrogens with zero attached hydrogens (tertiary/aromatic N) is 1. The number of hydrogen-bond donors (Lipinski definition) is 0. The highest BCUT2D eigenvalue weighted by molar-refractivity contribution is 6.69. The van der Waals surface area contributed by atoms with Crippen molar-refractivity contribution in [2.24, 2.45) is 5.92 Å². The Hall–Kier alpha value is -2.47. The minimum absolute atomic E-state index is 0.00841. The monoisotopic (exact) mass is 447 g/mol. The van der Waals surface area contributed by atoms with Crippen molar-refractivity contribution in [2.75, 3.05) is 7.11 Å². The largest absolute Gasteiger partial charge is 0.387 e. The summed E-state index contributed by atoms with van der Waals surface area (Å²) in [5, 5.41) is 2.26. The first-order valence-electron chi connectivity index (χ1n) is 11.3. The van der Waals surface area contributed by atoms with Crippen molar-refractivity contribution in [1.29, 1.82) is 0 Å². The van der Waals surface area contributed by atoms with Crippen molar-refractivity contribution in [1.82, 2.24) is 4.90 Å². The van der Waals surface area contributed by atoms with E-state index in [1.807, 2.05) is 47.4 Å². The molecule has 1 heterocycles. The van der Waals surface area contributed by atoms with Crippen molar-refractivity contribution < 1.29 is 14.0 Å². The Kier molecular flexibility index (Phi) is 6.01. The fourth-order valence-corrected chi connectivity index (χ4v) is 6.38. The van der Waals surface area contributed by atoms with Gasteiger partial charge >= 0.3 is 0 Å². The van der Waals surface area contributed by atoms with Crippen LogP contribution in [0.2, 0.25) is 19.6 Å². The van der Waals surface area contributed by atoms with E-state index in [2.05, 4.69) is 63.8 Å². The predicted octanol–water partition coefficient (Wildman–Crippen LogP) is 6.26. The highest BCUT2D eigenvalue weighted by Crippen LogP contribution is 2.55. The fourth-order valence-electron chi connectivity index (χ4n) is 5.11. The fraction of sp³-hybridized carbons (Fsp3) is 0.370. The minimum Gasteiger partial charge on any atom is -0.387 e. The number of ether oxygens (including phenoxy) is 1. The van der Waals surface area contributed by atoms with E-state index in [-0.39, 0.29) is 23.9 Å². The molecule has 1 amide bonds. The molecule has 0 radical (unpaired) electrons. The van der Waals surface area contributed by atoms with Crippen molar-refractivity contribution in [3.63, 3.8) is 0 Å². The summed E-state index contributed by atoms with van der Waals surface area (Å²) >= 11 is 0. The van der Waals surface area contributed by atoms with Gasteiger partial charge in [0.05, 0.1) is 6.04 Å². The molecule has 0 saturated carbocycles. The first-order valence-corrected chi connectivity index (χ1v) is 14.7. The van der Waals surface area contributed by atoms with Crippen LogP contribution in [0.4, 0.5) is 0 Å². The molecular weight excluding hydrogens is 414 g/mol. The summed E-state index contributed by atoms with van der Waals surface area (Å²) in [7, 11) is -0.300.